The monoisotopic (exact) mass is 385 g/mol. The second-order valence-electron chi connectivity index (χ2n) is 4.63. The Morgan fingerprint density at radius 2 is 1.90 bits per heavy atom. The molecule has 0 radical (unpaired) electrons. The molecule has 0 aromatic heterocycles. The van der Waals surface area contributed by atoms with Gasteiger partial charge in [-0.25, -0.2) is 4.39 Å². The van der Waals surface area contributed by atoms with Gasteiger partial charge in [0.2, 0.25) is 0 Å². The van der Waals surface area contributed by atoms with Gasteiger partial charge in [0.05, 0.1) is 6.10 Å². The van der Waals surface area contributed by atoms with E-state index >= 15 is 0 Å². The molecule has 2 nitrogen and oxygen atoms in total. The minimum atomic E-state index is -0.564. The van der Waals surface area contributed by atoms with Gasteiger partial charge in [-0.05, 0) is 58.8 Å². The summed E-state index contributed by atoms with van der Waals surface area (Å²) in [5, 5.41) is 13.4. The van der Waals surface area contributed by atoms with Crippen LogP contribution in [0.4, 0.5) is 4.39 Å². The summed E-state index contributed by atoms with van der Waals surface area (Å²) in [6, 6.07) is 14.6. The lowest BCUT2D eigenvalue weighted by Gasteiger charge is -2.13. The molecule has 0 heterocycles. The normalized spacial score (nSPS) is 12.3. The van der Waals surface area contributed by atoms with Crippen molar-refractivity contribution in [1.82, 2.24) is 5.32 Å². The molecular weight excluding hydrogens is 368 g/mol. The third kappa shape index (κ3) is 4.54. The van der Waals surface area contributed by atoms with E-state index < -0.39 is 6.10 Å². The zero-order valence-electron chi connectivity index (χ0n) is 11.0. The number of aliphatic hydroxyl groups is 1. The molecule has 20 heavy (non-hydrogen) atoms. The van der Waals surface area contributed by atoms with Crippen molar-refractivity contribution in [3.8, 4) is 0 Å². The average molecular weight is 385 g/mol. The molecule has 0 aliphatic rings. The summed E-state index contributed by atoms with van der Waals surface area (Å²) in [5.41, 5.74) is 2.01. The van der Waals surface area contributed by atoms with Crippen molar-refractivity contribution in [2.75, 3.05) is 6.54 Å². The molecule has 0 amide bonds. The molecular formula is C16H17FINO. The molecule has 0 saturated heterocycles. The Kier molecular flexibility index (Phi) is 5.94. The highest BCUT2D eigenvalue weighted by molar-refractivity contribution is 14.1. The SMILES string of the molecule is OC(CCNCc1ccccc1)c1ccc(F)cc1I. The zero-order chi connectivity index (χ0) is 14.4. The van der Waals surface area contributed by atoms with E-state index in [1.54, 1.807) is 6.07 Å². The van der Waals surface area contributed by atoms with Crippen molar-refractivity contribution < 1.29 is 9.50 Å². The highest BCUT2D eigenvalue weighted by atomic mass is 127. The fourth-order valence-corrected chi connectivity index (χ4v) is 2.83. The molecule has 0 aliphatic carbocycles. The number of aliphatic hydroxyl groups excluding tert-OH is 1. The van der Waals surface area contributed by atoms with Crippen LogP contribution in [-0.4, -0.2) is 11.7 Å². The molecule has 0 bridgehead atoms. The molecule has 0 fully saturated rings. The van der Waals surface area contributed by atoms with Crippen LogP contribution in [0.1, 0.15) is 23.7 Å². The van der Waals surface area contributed by atoms with E-state index in [0.717, 1.165) is 15.7 Å². The maximum absolute atomic E-state index is 13.0. The summed E-state index contributed by atoms with van der Waals surface area (Å²) < 4.78 is 13.8. The highest BCUT2D eigenvalue weighted by Gasteiger charge is 2.11. The topological polar surface area (TPSA) is 32.3 Å². The van der Waals surface area contributed by atoms with Crippen molar-refractivity contribution in [2.45, 2.75) is 19.1 Å². The minimum Gasteiger partial charge on any atom is -0.388 e. The number of rotatable bonds is 6. The van der Waals surface area contributed by atoms with E-state index in [-0.39, 0.29) is 5.82 Å². The quantitative estimate of drug-likeness (QED) is 0.588. The predicted molar refractivity (Wildman–Crippen MR) is 86.8 cm³/mol. The van der Waals surface area contributed by atoms with Crippen molar-refractivity contribution in [1.29, 1.82) is 0 Å². The second kappa shape index (κ2) is 7.71. The minimum absolute atomic E-state index is 0.271. The van der Waals surface area contributed by atoms with E-state index in [0.29, 0.717) is 13.0 Å². The lowest BCUT2D eigenvalue weighted by molar-refractivity contribution is 0.166. The maximum atomic E-state index is 13.0. The van der Waals surface area contributed by atoms with Crippen molar-refractivity contribution in [3.05, 3.63) is 69.0 Å². The van der Waals surface area contributed by atoms with Crippen LogP contribution in [0.25, 0.3) is 0 Å². The van der Waals surface area contributed by atoms with E-state index in [1.807, 2.05) is 18.2 Å². The van der Waals surface area contributed by atoms with Gasteiger partial charge in [-0.1, -0.05) is 36.4 Å². The largest absolute Gasteiger partial charge is 0.388 e. The van der Waals surface area contributed by atoms with Gasteiger partial charge in [-0.15, -0.1) is 0 Å². The van der Waals surface area contributed by atoms with Crippen molar-refractivity contribution >= 4 is 22.6 Å². The standard InChI is InChI=1S/C16H17FINO/c17-13-6-7-14(15(18)10-13)16(20)8-9-19-11-12-4-2-1-3-5-12/h1-7,10,16,19-20H,8-9,11H2. The first kappa shape index (κ1) is 15.4. The number of hydrogen-bond donors (Lipinski definition) is 2. The highest BCUT2D eigenvalue weighted by Crippen LogP contribution is 2.23. The third-order valence-corrected chi connectivity index (χ3v) is 4.02. The Morgan fingerprint density at radius 3 is 2.60 bits per heavy atom. The number of halogens is 2. The van der Waals surface area contributed by atoms with E-state index in [2.05, 4.69) is 40.0 Å². The van der Waals surface area contributed by atoms with E-state index in [9.17, 15) is 9.50 Å². The van der Waals surface area contributed by atoms with Crippen LogP contribution >= 0.6 is 22.6 Å². The second-order valence-corrected chi connectivity index (χ2v) is 5.79. The van der Waals surface area contributed by atoms with Crippen LogP contribution in [-0.2, 0) is 6.54 Å². The van der Waals surface area contributed by atoms with Gasteiger partial charge < -0.3 is 10.4 Å². The van der Waals surface area contributed by atoms with Crippen LogP contribution in [0.5, 0.6) is 0 Å². The molecule has 2 aromatic carbocycles. The van der Waals surface area contributed by atoms with Gasteiger partial charge >= 0.3 is 0 Å². The molecule has 2 rings (SSSR count). The Labute approximate surface area is 132 Å². The van der Waals surface area contributed by atoms with E-state index in [4.69, 9.17) is 0 Å². The first-order chi connectivity index (χ1) is 9.66. The number of nitrogens with one attached hydrogen (secondary N) is 1. The van der Waals surface area contributed by atoms with Gasteiger partial charge in [-0.2, -0.15) is 0 Å². The summed E-state index contributed by atoms with van der Waals surface area (Å²) >= 11 is 2.05. The molecule has 1 unspecified atom stereocenters. The molecule has 106 valence electrons. The molecule has 0 spiro atoms. The molecule has 0 saturated carbocycles. The van der Waals surface area contributed by atoms with Gasteiger partial charge in [0.15, 0.2) is 0 Å². The summed E-state index contributed by atoms with van der Waals surface area (Å²) in [7, 11) is 0. The zero-order valence-corrected chi connectivity index (χ0v) is 13.2. The van der Waals surface area contributed by atoms with Gasteiger partial charge in [0, 0.05) is 10.1 Å². The Morgan fingerprint density at radius 1 is 1.15 bits per heavy atom. The molecule has 2 aromatic rings. The van der Waals surface area contributed by atoms with Crippen molar-refractivity contribution in [3.63, 3.8) is 0 Å². The lowest BCUT2D eigenvalue weighted by Crippen LogP contribution is -2.17. The van der Waals surface area contributed by atoms with E-state index in [1.165, 1.54) is 17.7 Å². The lowest BCUT2D eigenvalue weighted by atomic mass is 10.1. The first-order valence-electron chi connectivity index (χ1n) is 6.54. The van der Waals surface area contributed by atoms with Crippen LogP contribution in [0.15, 0.2) is 48.5 Å². The average Bonchev–Trinajstić information content (AvgIpc) is 2.44. The molecule has 2 N–H and O–H groups in total. The van der Waals surface area contributed by atoms with Gasteiger partial charge in [0.25, 0.3) is 0 Å². The summed E-state index contributed by atoms with van der Waals surface area (Å²) in [4.78, 5) is 0. The van der Waals surface area contributed by atoms with Crippen LogP contribution in [0.2, 0.25) is 0 Å². The summed E-state index contributed by atoms with van der Waals surface area (Å²) in [5.74, 6) is -0.271. The fraction of sp³-hybridized carbons (Fsp3) is 0.250. The predicted octanol–water partition coefficient (Wildman–Crippen LogP) is 3.64. The first-order valence-corrected chi connectivity index (χ1v) is 7.62. The number of hydrogen-bond acceptors (Lipinski definition) is 2. The van der Waals surface area contributed by atoms with Gasteiger partial charge in [-0.3, -0.25) is 0 Å². The smallest absolute Gasteiger partial charge is 0.124 e. The van der Waals surface area contributed by atoms with Gasteiger partial charge in [0.1, 0.15) is 5.82 Å². The van der Waals surface area contributed by atoms with Crippen LogP contribution in [0.3, 0.4) is 0 Å². The van der Waals surface area contributed by atoms with Crippen molar-refractivity contribution in [2.24, 2.45) is 0 Å². The summed E-state index contributed by atoms with van der Waals surface area (Å²) in [6.07, 6.45) is 0.0415. The maximum Gasteiger partial charge on any atom is 0.124 e. The fourth-order valence-electron chi connectivity index (χ4n) is 1.99. The Bertz CT molecular complexity index is 547. The molecule has 1 atom stereocenters. The third-order valence-electron chi connectivity index (χ3n) is 3.09. The van der Waals surface area contributed by atoms with Crippen LogP contribution in [0, 0.1) is 9.39 Å². The Hall–Kier alpha value is -0.980. The molecule has 0 aliphatic heterocycles. The number of benzene rings is 2. The Balaban J connectivity index is 1.79. The summed E-state index contributed by atoms with van der Waals surface area (Å²) in [6.45, 7) is 1.50. The van der Waals surface area contributed by atoms with Crippen LogP contribution < -0.4 is 5.32 Å². The molecule has 4 heteroatoms.